The van der Waals surface area contributed by atoms with E-state index >= 15 is 0 Å². The summed E-state index contributed by atoms with van der Waals surface area (Å²) in [6, 6.07) is 8.72. The summed E-state index contributed by atoms with van der Waals surface area (Å²) in [6.07, 6.45) is 1.48. The van der Waals surface area contributed by atoms with Gasteiger partial charge in [-0.2, -0.15) is 13.7 Å². The standard InChI is InChI=1S/C13H15NO3S/c1-10-2-6-13(7-3-10)18(15,16)17-12-5-4-11(8-12)9-14/h2-3,6-7,11-12H,4-5,8H2,1H3/t11-,12+/m0/s1. The van der Waals surface area contributed by atoms with Crippen LogP contribution in [-0.2, 0) is 14.3 Å². The van der Waals surface area contributed by atoms with Gasteiger partial charge in [0.1, 0.15) is 0 Å². The van der Waals surface area contributed by atoms with Gasteiger partial charge in [0.15, 0.2) is 0 Å². The van der Waals surface area contributed by atoms with E-state index in [4.69, 9.17) is 9.44 Å². The summed E-state index contributed by atoms with van der Waals surface area (Å²) in [5.41, 5.74) is 0.999. The first-order valence-corrected chi connectivity index (χ1v) is 7.31. The Morgan fingerprint density at radius 2 is 1.94 bits per heavy atom. The van der Waals surface area contributed by atoms with Crippen LogP contribution in [0.1, 0.15) is 24.8 Å². The molecule has 0 aliphatic heterocycles. The minimum atomic E-state index is -3.70. The molecule has 0 N–H and O–H groups in total. The largest absolute Gasteiger partial charge is 0.297 e. The van der Waals surface area contributed by atoms with Gasteiger partial charge in [0.25, 0.3) is 10.1 Å². The van der Waals surface area contributed by atoms with Gasteiger partial charge in [-0.25, -0.2) is 0 Å². The molecule has 1 aliphatic carbocycles. The lowest BCUT2D eigenvalue weighted by Crippen LogP contribution is -2.16. The van der Waals surface area contributed by atoms with E-state index in [0.717, 1.165) is 5.56 Å². The number of nitriles is 1. The predicted octanol–water partition coefficient (Wildman–Crippen LogP) is 2.39. The lowest BCUT2D eigenvalue weighted by atomic mass is 10.1. The van der Waals surface area contributed by atoms with Crippen LogP contribution < -0.4 is 0 Å². The average molecular weight is 265 g/mol. The molecule has 1 fully saturated rings. The number of hydrogen-bond donors (Lipinski definition) is 0. The van der Waals surface area contributed by atoms with E-state index in [2.05, 4.69) is 6.07 Å². The van der Waals surface area contributed by atoms with Crippen LogP contribution in [0, 0.1) is 24.2 Å². The van der Waals surface area contributed by atoms with E-state index in [1.807, 2.05) is 6.92 Å². The summed E-state index contributed by atoms with van der Waals surface area (Å²) in [5.74, 6) is -0.0804. The molecule has 0 saturated heterocycles. The molecule has 1 aliphatic rings. The van der Waals surface area contributed by atoms with Gasteiger partial charge in [-0.05, 0) is 38.3 Å². The molecule has 0 spiro atoms. The van der Waals surface area contributed by atoms with Crippen LogP contribution in [-0.4, -0.2) is 14.5 Å². The Morgan fingerprint density at radius 1 is 1.28 bits per heavy atom. The molecular formula is C13H15NO3S. The van der Waals surface area contributed by atoms with Gasteiger partial charge in [-0.3, -0.25) is 4.18 Å². The third-order valence-corrected chi connectivity index (χ3v) is 4.51. The molecule has 1 aromatic carbocycles. The fourth-order valence-electron chi connectivity index (χ4n) is 2.08. The Hall–Kier alpha value is -1.38. The zero-order valence-corrected chi connectivity index (χ0v) is 11.0. The SMILES string of the molecule is Cc1ccc(S(=O)(=O)O[C@@H]2CC[C@H](C#N)C2)cc1. The van der Waals surface area contributed by atoms with Crippen molar-refractivity contribution in [1.82, 2.24) is 0 Å². The third kappa shape index (κ3) is 2.89. The van der Waals surface area contributed by atoms with Crippen LogP contribution in [0.5, 0.6) is 0 Å². The van der Waals surface area contributed by atoms with Crippen molar-refractivity contribution in [2.75, 3.05) is 0 Å². The van der Waals surface area contributed by atoms with Crippen LogP contribution in [0.2, 0.25) is 0 Å². The van der Waals surface area contributed by atoms with Crippen molar-refractivity contribution < 1.29 is 12.6 Å². The van der Waals surface area contributed by atoms with Gasteiger partial charge in [0.2, 0.25) is 0 Å². The summed E-state index contributed by atoms with van der Waals surface area (Å²) in [5, 5.41) is 8.77. The molecular weight excluding hydrogens is 250 g/mol. The average Bonchev–Trinajstić information content (AvgIpc) is 2.76. The highest BCUT2D eigenvalue weighted by atomic mass is 32.2. The fourth-order valence-corrected chi connectivity index (χ4v) is 3.20. The zero-order valence-electron chi connectivity index (χ0n) is 10.2. The topological polar surface area (TPSA) is 67.2 Å². The first-order chi connectivity index (χ1) is 8.51. The van der Waals surface area contributed by atoms with Gasteiger partial charge in [-0.1, -0.05) is 17.7 Å². The normalized spacial score (nSPS) is 23.8. The van der Waals surface area contributed by atoms with Crippen molar-refractivity contribution in [3.8, 4) is 6.07 Å². The molecule has 2 atom stereocenters. The molecule has 0 heterocycles. The Labute approximate surface area is 107 Å². The number of benzene rings is 1. The number of nitrogens with zero attached hydrogens (tertiary/aromatic N) is 1. The first-order valence-electron chi connectivity index (χ1n) is 5.91. The van der Waals surface area contributed by atoms with Gasteiger partial charge in [0, 0.05) is 5.92 Å². The van der Waals surface area contributed by atoms with Crippen LogP contribution in [0.15, 0.2) is 29.2 Å². The summed E-state index contributed by atoms with van der Waals surface area (Å²) in [7, 11) is -3.70. The quantitative estimate of drug-likeness (QED) is 0.787. The van der Waals surface area contributed by atoms with Gasteiger partial charge in [-0.15, -0.1) is 0 Å². The van der Waals surface area contributed by atoms with Crippen LogP contribution in [0.3, 0.4) is 0 Å². The smallest absolute Gasteiger partial charge is 0.263 e. The second-order valence-electron chi connectivity index (χ2n) is 4.62. The van der Waals surface area contributed by atoms with E-state index < -0.39 is 10.1 Å². The highest BCUT2D eigenvalue weighted by Crippen LogP contribution is 2.29. The van der Waals surface area contributed by atoms with Crippen molar-refractivity contribution >= 4 is 10.1 Å². The van der Waals surface area contributed by atoms with Crippen molar-refractivity contribution in [2.24, 2.45) is 5.92 Å². The number of aryl methyl sites for hydroxylation is 1. The first kappa shape index (κ1) is 13.1. The Balaban J connectivity index is 2.09. The Morgan fingerprint density at radius 3 is 2.50 bits per heavy atom. The molecule has 2 rings (SSSR count). The summed E-state index contributed by atoms with van der Waals surface area (Å²) in [4.78, 5) is 0.175. The number of hydrogen-bond acceptors (Lipinski definition) is 4. The minimum absolute atomic E-state index is 0.0804. The van der Waals surface area contributed by atoms with Crippen LogP contribution >= 0.6 is 0 Å². The molecule has 0 aromatic heterocycles. The summed E-state index contributed by atoms with van der Waals surface area (Å²) >= 11 is 0. The predicted molar refractivity (Wildman–Crippen MR) is 66.2 cm³/mol. The van der Waals surface area contributed by atoms with Crippen molar-refractivity contribution in [3.63, 3.8) is 0 Å². The van der Waals surface area contributed by atoms with Gasteiger partial charge >= 0.3 is 0 Å². The summed E-state index contributed by atoms with van der Waals surface area (Å²) in [6.45, 7) is 1.89. The summed E-state index contributed by atoms with van der Waals surface area (Å²) < 4.78 is 29.2. The van der Waals surface area contributed by atoms with Crippen molar-refractivity contribution in [3.05, 3.63) is 29.8 Å². The Kier molecular flexibility index (Phi) is 3.69. The molecule has 0 bridgehead atoms. The van der Waals surface area contributed by atoms with E-state index in [1.54, 1.807) is 24.3 Å². The molecule has 1 aromatic rings. The Bertz CT molecular complexity index is 557. The molecule has 4 nitrogen and oxygen atoms in total. The molecule has 0 radical (unpaired) electrons. The van der Waals surface area contributed by atoms with Crippen molar-refractivity contribution in [1.29, 1.82) is 5.26 Å². The second kappa shape index (κ2) is 5.09. The lowest BCUT2D eigenvalue weighted by molar-refractivity contribution is 0.214. The molecule has 0 unspecified atom stereocenters. The molecule has 1 saturated carbocycles. The lowest BCUT2D eigenvalue weighted by Gasteiger charge is -2.11. The number of rotatable bonds is 3. The van der Waals surface area contributed by atoms with Crippen LogP contribution in [0.25, 0.3) is 0 Å². The monoisotopic (exact) mass is 265 g/mol. The van der Waals surface area contributed by atoms with E-state index in [1.165, 1.54) is 0 Å². The van der Waals surface area contributed by atoms with E-state index in [0.29, 0.717) is 19.3 Å². The maximum atomic E-state index is 12.0. The molecule has 18 heavy (non-hydrogen) atoms. The van der Waals surface area contributed by atoms with Gasteiger partial charge < -0.3 is 0 Å². The minimum Gasteiger partial charge on any atom is -0.263 e. The van der Waals surface area contributed by atoms with Gasteiger partial charge in [0.05, 0.1) is 17.1 Å². The second-order valence-corrected chi connectivity index (χ2v) is 6.20. The van der Waals surface area contributed by atoms with E-state index in [9.17, 15) is 8.42 Å². The maximum absolute atomic E-state index is 12.0. The van der Waals surface area contributed by atoms with Crippen molar-refractivity contribution in [2.45, 2.75) is 37.2 Å². The fraction of sp³-hybridized carbons (Fsp3) is 0.462. The molecule has 0 amide bonds. The molecule has 5 heteroatoms. The van der Waals surface area contributed by atoms with E-state index in [-0.39, 0.29) is 16.9 Å². The highest BCUT2D eigenvalue weighted by Gasteiger charge is 2.30. The third-order valence-electron chi connectivity index (χ3n) is 3.14. The molecule has 96 valence electrons. The maximum Gasteiger partial charge on any atom is 0.297 e. The zero-order chi connectivity index (χ0) is 13.2. The highest BCUT2D eigenvalue weighted by molar-refractivity contribution is 7.86. The van der Waals surface area contributed by atoms with Crippen LogP contribution in [0.4, 0.5) is 0 Å².